The molecule has 0 aromatic rings. The molecule has 0 aromatic heterocycles. The fourth-order valence-electron chi connectivity index (χ4n) is 0.299. The van der Waals surface area contributed by atoms with Gasteiger partial charge in [-0.3, -0.25) is 0 Å². The molecule has 0 bridgehead atoms. The van der Waals surface area contributed by atoms with Gasteiger partial charge in [0.05, 0.1) is 6.20 Å². The van der Waals surface area contributed by atoms with Gasteiger partial charge in [-0.2, -0.15) is 0 Å². The Morgan fingerprint density at radius 1 is 1.18 bits per heavy atom. The average Bonchev–Trinajstić information content (AvgIpc) is 1.80. The van der Waals surface area contributed by atoms with Gasteiger partial charge in [-0.25, -0.2) is 4.99 Å². The van der Waals surface area contributed by atoms with E-state index in [0.29, 0.717) is 5.17 Å². The molecule has 64 valence electrons. The van der Waals surface area contributed by atoms with Crippen molar-refractivity contribution < 1.29 is 0 Å². The quantitative estimate of drug-likeness (QED) is 0.586. The van der Waals surface area contributed by atoms with Crippen LogP contribution in [-0.2, 0) is 0 Å². The third-order valence-electron chi connectivity index (χ3n) is 0.894. The molecule has 0 heterocycles. The van der Waals surface area contributed by atoms with Crippen LogP contribution in [0.3, 0.4) is 0 Å². The normalized spacial score (nSPS) is 13.1. The van der Waals surface area contributed by atoms with E-state index in [1.165, 1.54) is 6.20 Å². The van der Waals surface area contributed by atoms with E-state index in [9.17, 15) is 0 Å². The van der Waals surface area contributed by atoms with Crippen molar-refractivity contribution in [3.05, 3.63) is 10.7 Å². The van der Waals surface area contributed by atoms with Gasteiger partial charge < -0.3 is 0 Å². The second-order valence-electron chi connectivity index (χ2n) is 3.09. The lowest BCUT2D eigenvalue weighted by Gasteiger charge is -2.14. The van der Waals surface area contributed by atoms with Crippen LogP contribution in [0.2, 0.25) is 0 Å². The lowest BCUT2D eigenvalue weighted by atomic mass is 9.99. The number of nitrogens with zero attached hydrogens (tertiary/aromatic N) is 1. The van der Waals surface area contributed by atoms with Crippen molar-refractivity contribution in [3.63, 3.8) is 0 Å². The molecule has 0 spiro atoms. The summed E-state index contributed by atoms with van der Waals surface area (Å²) in [5, 5.41) is 0.483. The summed E-state index contributed by atoms with van der Waals surface area (Å²) in [4.78, 5) is 3.85. The highest BCUT2D eigenvalue weighted by Crippen LogP contribution is 2.19. The van der Waals surface area contributed by atoms with Crippen LogP contribution in [0, 0.1) is 5.41 Å². The Kier molecular flexibility index (Phi) is 4.45. The van der Waals surface area contributed by atoms with Gasteiger partial charge in [-0.1, -0.05) is 55.6 Å². The fourth-order valence-corrected chi connectivity index (χ4v) is 0.446. The lowest BCUT2D eigenvalue weighted by molar-refractivity contribution is 0.600. The van der Waals surface area contributed by atoms with E-state index < -0.39 is 0 Å². The van der Waals surface area contributed by atoms with Gasteiger partial charge in [-0.15, -0.1) is 0 Å². The second-order valence-corrected chi connectivity index (χ2v) is 4.45. The molecule has 0 atom stereocenters. The number of aliphatic imine (C=N–C) groups is 1. The molecule has 0 aliphatic carbocycles. The summed E-state index contributed by atoms with van der Waals surface area (Å²) >= 11 is 16.5. The van der Waals surface area contributed by atoms with E-state index >= 15 is 0 Å². The highest BCUT2D eigenvalue weighted by molar-refractivity contribution is 6.66. The van der Waals surface area contributed by atoms with Gasteiger partial charge >= 0.3 is 0 Å². The number of halogens is 3. The first-order chi connectivity index (χ1) is 4.84. The predicted octanol–water partition coefficient (Wildman–Crippen LogP) is 3.95. The molecule has 0 aromatic carbocycles. The van der Waals surface area contributed by atoms with E-state index in [1.54, 1.807) is 0 Å². The van der Waals surface area contributed by atoms with E-state index in [4.69, 9.17) is 34.8 Å². The highest BCUT2D eigenvalue weighted by Gasteiger charge is 2.15. The molecule has 0 saturated carbocycles. The zero-order chi connectivity index (χ0) is 9.07. The molecule has 0 amide bonds. The molecule has 1 nitrogen and oxygen atoms in total. The molecule has 0 radical (unpaired) electrons. The smallest absolute Gasteiger partial charge is 0.125 e. The van der Waals surface area contributed by atoms with E-state index in [-0.39, 0.29) is 9.91 Å². The van der Waals surface area contributed by atoms with Crippen molar-refractivity contribution >= 4 is 40.0 Å². The number of hydrogen-bond acceptors (Lipinski definition) is 1. The van der Waals surface area contributed by atoms with Gasteiger partial charge in [-0.05, 0) is 0 Å². The minimum Gasteiger partial charge on any atom is -0.246 e. The van der Waals surface area contributed by atoms with Gasteiger partial charge in [0.1, 0.15) is 9.66 Å². The van der Waals surface area contributed by atoms with Crippen LogP contribution >= 0.6 is 34.8 Å². The third-order valence-corrected chi connectivity index (χ3v) is 1.75. The monoisotopic (exact) mass is 213 g/mol. The van der Waals surface area contributed by atoms with Crippen molar-refractivity contribution in [2.75, 3.05) is 0 Å². The summed E-state index contributed by atoms with van der Waals surface area (Å²) in [5.41, 5.74) is -0.152. The minimum atomic E-state index is -0.152. The topological polar surface area (TPSA) is 12.4 Å². The van der Waals surface area contributed by atoms with Gasteiger partial charge in [0.15, 0.2) is 0 Å². The fraction of sp³-hybridized carbons (Fsp3) is 0.571. The van der Waals surface area contributed by atoms with Gasteiger partial charge in [0.25, 0.3) is 0 Å². The SMILES string of the molecule is CC(C)(C)C(Cl)=NC=C(Cl)Cl. The van der Waals surface area contributed by atoms with Gasteiger partial charge in [0, 0.05) is 5.41 Å². The standard InChI is InChI=1S/C7H10Cl3N/c1-7(2,3)6(10)11-4-5(8)9/h4H,1-3H3. The highest BCUT2D eigenvalue weighted by atomic mass is 35.5. The molecule has 0 unspecified atom stereocenters. The summed E-state index contributed by atoms with van der Waals surface area (Å²) < 4.78 is 0.104. The Morgan fingerprint density at radius 3 is 1.91 bits per heavy atom. The summed E-state index contributed by atoms with van der Waals surface area (Å²) in [5.74, 6) is 0. The Morgan fingerprint density at radius 2 is 1.64 bits per heavy atom. The molecule has 0 aliphatic rings. The average molecular weight is 215 g/mol. The van der Waals surface area contributed by atoms with Crippen LogP contribution in [0.5, 0.6) is 0 Å². The Labute approximate surface area is 82.0 Å². The summed E-state index contributed by atoms with van der Waals surface area (Å²) in [6.45, 7) is 5.86. The summed E-state index contributed by atoms with van der Waals surface area (Å²) in [7, 11) is 0. The van der Waals surface area contributed by atoms with Crippen molar-refractivity contribution in [1.82, 2.24) is 0 Å². The second kappa shape index (κ2) is 4.34. The molecule has 0 aliphatic heterocycles. The summed E-state index contributed by atoms with van der Waals surface area (Å²) in [6.07, 6.45) is 1.32. The van der Waals surface area contributed by atoms with Crippen molar-refractivity contribution in [2.45, 2.75) is 20.8 Å². The zero-order valence-corrected chi connectivity index (χ0v) is 8.93. The van der Waals surface area contributed by atoms with Crippen LogP contribution in [-0.4, -0.2) is 5.17 Å². The molecular formula is C7H10Cl3N. The first-order valence-electron chi connectivity index (χ1n) is 3.09. The van der Waals surface area contributed by atoms with Crippen molar-refractivity contribution in [3.8, 4) is 0 Å². The maximum Gasteiger partial charge on any atom is 0.125 e. The predicted molar refractivity (Wildman–Crippen MR) is 52.5 cm³/mol. The van der Waals surface area contributed by atoms with E-state index in [2.05, 4.69) is 4.99 Å². The largest absolute Gasteiger partial charge is 0.246 e. The van der Waals surface area contributed by atoms with E-state index in [0.717, 1.165) is 0 Å². The molecule has 0 fully saturated rings. The van der Waals surface area contributed by atoms with Crippen LogP contribution in [0.4, 0.5) is 0 Å². The van der Waals surface area contributed by atoms with Crippen molar-refractivity contribution in [1.29, 1.82) is 0 Å². The Bertz CT molecular complexity index is 184. The van der Waals surface area contributed by atoms with Crippen LogP contribution < -0.4 is 0 Å². The number of hydrogen-bond donors (Lipinski definition) is 0. The molecule has 11 heavy (non-hydrogen) atoms. The third kappa shape index (κ3) is 5.54. The minimum absolute atomic E-state index is 0.104. The maximum absolute atomic E-state index is 5.79. The molecule has 4 heteroatoms. The number of rotatable bonds is 1. The van der Waals surface area contributed by atoms with Crippen molar-refractivity contribution in [2.24, 2.45) is 10.4 Å². The van der Waals surface area contributed by atoms with Crippen LogP contribution in [0.15, 0.2) is 15.7 Å². The first-order valence-corrected chi connectivity index (χ1v) is 4.22. The van der Waals surface area contributed by atoms with Crippen LogP contribution in [0.25, 0.3) is 0 Å². The van der Waals surface area contributed by atoms with Crippen LogP contribution in [0.1, 0.15) is 20.8 Å². The molecule has 0 rings (SSSR count). The molecular weight excluding hydrogens is 204 g/mol. The van der Waals surface area contributed by atoms with Gasteiger partial charge in [0.2, 0.25) is 0 Å². The lowest BCUT2D eigenvalue weighted by Crippen LogP contribution is -2.13. The maximum atomic E-state index is 5.79. The van der Waals surface area contributed by atoms with E-state index in [1.807, 2.05) is 20.8 Å². The molecule has 0 saturated heterocycles. The zero-order valence-electron chi connectivity index (χ0n) is 6.66. The Hall–Kier alpha value is 0.280. The first kappa shape index (κ1) is 11.3. The Balaban J connectivity index is 4.36. The summed E-state index contributed by atoms with van der Waals surface area (Å²) in [6, 6.07) is 0. The molecule has 0 N–H and O–H groups in total.